The van der Waals surface area contributed by atoms with Crippen molar-refractivity contribution in [3.63, 3.8) is 0 Å². The Labute approximate surface area is 268 Å². The quantitative estimate of drug-likeness (QED) is 0.0992. The highest BCUT2D eigenvalue weighted by molar-refractivity contribution is 8.01. The Morgan fingerprint density at radius 3 is 2.57 bits per heavy atom. The van der Waals surface area contributed by atoms with Crippen molar-refractivity contribution in [1.82, 2.24) is 25.4 Å². The third-order valence-corrected chi connectivity index (χ3v) is 9.83. The molecule has 0 bridgehead atoms. The summed E-state index contributed by atoms with van der Waals surface area (Å²) in [6.45, 7) is 0.500. The van der Waals surface area contributed by atoms with Crippen molar-refractivity contribution in [3.8, 4) is 0 Å². The Kier molecular flexibility index (Phi) is 12.0. The largest absolute Gasteiger partial charge is 0.477 e. The lowest BCUT2D eigenvalue weighted by Gasteiger charge is -2.49. The maximum Gasteiger partial charge on any atom is 0.352 e. The molecule has 1 unspecified atom stereocenters. The number of nitrogens with zero attached hydrogens (tertiary/aromatic N) is 5. The first kappa shape index (κ1) is 33.6. The number of carbonyl (C=O) groups is 3. The van der Waals surface area contributed by atoms with Gasteiger partial charge in [0.05, 0.1) is 0 Å². The van der Waals surface area contributed by atoms with Crippen molar-refractivity contribution < 1.29 is 24.3 Å². The number of fused-ring (bicyclic) bond motifs is 1. The molecule has 2 amide bonds. The number of nitrogens with one attached hydrogen (secondary N) is 1. The summed E-state index contributed by atoms with van der Waals surface area (Å²) in [5.74, 6) is -1.69. The van der Waals surface area contributed by atoms with Gasteiger partial charge in [-0.3, -0.25) is 14.5 Å². The minimum absolute atomic E-state index is 0. The van der Waals surface area contributed by atoms with Gasteiger partial charge >= 0.3 is 5.97 Å². The van der Waals surface area contributed by atoms with Gasteiger partial charge in [-0.05, 0) is 16.7 Å². The zero-order chi connectivity index (χ0) is 28.2. The van der Waals surface area contributed by atoms with Gasteiger partial charge in [0.15, 0.2) is 15.2 Å². The molecule has 6 N–H and O–H groups in total. The number of thioether (sulfide) groups is 2. The summed E-state index contributed by atoms with van der Waals surface area (Å²) < 4.78 is 0.703. The highest BCUT2D eigenvalue weighted by Crippen LogP contribution is 2.41. The van der Waals surface area contributed by atoms with E-state index in [1.54, 1.807) is 10.9 Å². The molecule has 224 valence electrons. The van der Waals surface area contributed by atoms with Crippen LogP contribution >= 0.6 is 71.0 Å². The van der Waals surface area contributed by atoms with Crippen LogP contribution in [0.4, 0.5) is 5.13 Å². The van der Waals surface area contributed by atoms with Crippen LogP contribution in [0.1, 0.15) is 16.8 Å². The summed E-state index contributed by atoms with van der Waals surface area (Å²) in [6.07, 6.45) is 0. The molecule has 2 aromatic heterocycles. The molecule has 3 aromatic rings. The van der Waals surface area contributed by atoms with E-state index >= 15 is 0 Å². The van der Waals surface area contributed by atoms with Gasteiger partial charge in [-0.2, -0.15) is 0 Å². The summed E-state index contributed by atoms with van der Waals surface area (Å²) in [6, 6.07) is 6.47. The zero-order valence-electron chi connectivity index (χ0n) is 21.4. The fourth-order valence-corrected chi connectivity index (χ4v) is 7.44. The van der Waals surface area contributed by atoms with Crippen LogP contribution in [-0.2, 0) is 32.4 Å². The Bertz CT molecular complexity index is 1490. The molecular weight excluding hydrogens is 667 g/mol. The van der Waals surface area contributed by atoms with Crippen molar-refractivity contribution in [3.05, 3.63) is 63.2 Å². The van der Waals surface area contributed by atoms with Gasteiger partial charge in [0, 0.05) is 23.4 Å². The van der Waals surface area contributed by atoms with Gasteiger partial charge in [0.25, 0.3) is 11.8 Å². The number of anilines is 1. The molecule has 5 rings (SSSR count). The molecule has 1 aromatic carbocycles. The summed E-state index contributed by atoms with van der Waals surface area (Å²) in [4.78, 5) is 49.3. The van der Waals surface area contributed by atoms with E-state index in [1.165, 1.54) is 39.8 Å². The van der Waals surface area contributed by atoms with E-state index in [0.29, 0.717) is 28.0 Å². The molecular formula is C23H24Cl2N8O5S4. The van der Waals surface area contributed by atoms with Crippen LogP contribution in [0.15, 0.2) is 55.9 Å². The number of hydrogen-bond acceptors (Lipinski definition) is 14. The van der Waals surface area contributed by atoms with Crippen LogP contribution in [0.25, 0.3) is 0 Å². The van der Waals surface area contributed by atoms with Crippen molar-refractivity contribution in [1.29, 1.82) is 0 Å². The van der Waals surface area contributed by atoms with Gasteiger partial charge in [0.2, 0.25) is 0 Å². The maximum atomic E-state index is 13.3. The SMILES string of the molecule is Cl.Cl.NCc1ccc(CON=C(C(=O)NC2C(=O)N3C(C(=O)O)=C(CSc4nncs4)CS[C@@H]23)c2csc(N)n2)cc1. The number of rotatable bonds is 11. The summed E-state index contributed by atoms with van der Waals surface area (Å²) in [5, 5.41) is 25.5. The lowest BCUT2D eigenvalue weighted by atomic mass is 10.0. The topological polar surface area (TPSA) is 199 Å². The number of thiazole rings is 1. The number of amides is 2. The number of carbonyl (C=O) groups excluding carboxylic acids is 2. The van der Waals surface area contributed by atoms with E-state index in [2.05, 4.69) is 25.7 Å². The number of nitrogens with two attached hydrogens (primary N) is 2. The number of hydrogen-bond donors (Lipinski definition) is 4. The predicted molar refractivity (Wildman–Crippen MR) is 167 cm³/mol. The van der Waals surface area contributed by atoms with Gasteiger partial charge < -0.3 is 26.7 Å². The minimum Gasteiger partial charge on any atom is -0.477 e. The smallest absolute Gasteiger partial charge is 0.352 e. The zero-order valence-corrected chi connectivity index (χ0v) is 26.3. The number of β-lactam (4-membered cyclic amide) rings is 1. The van der Waals surface area contributed by atoms with Crippen molar-refractivity contribution in [2.75, 3.05) is 17.2 Å². The van der Waals surface area contributed by atoms with Crippen LogP contribution in [-0.4, -0.2) is 71.6 Å². The van der Waals surface area contributed by atoms with Gasteiger partial charge in [0.1, 0.15) is 34.9 Å². The first-order valence-corrected chi connectivity index (χ1v) is 15.4. The average molecular weight is 692 g/mol. The van der Waals surface area contributed by atoms with Crippen LogP contribution in [0, 0.1) is 0 Å². The molecule has 2 aliphatic rings. The van der Waals surface area contributed by atoms with Crippen LogP contribution in [0.5, 0.6) is 0 Å². The van der Waals surface area contributed by atoms with Crippen molar-refractivity contribution in [2.45, 2.75) is 28.9 Å². The molecule has 0 saturated carbocycles. The molecule has 2 atom stereocenters. The number of carboxylic acids is 1. The Hall–Kier alpha value is -2.93. The number of halogens is 2. The summed E-state index contributed by atoms with van der Waals surface area (Å²) in [5.41, 5.74) is 15.3. The van der Waals surface area contributed by atoms with Crippen molar-refractivity contribution >= 4 is 99.6 Å². The van der Waals surface area contributed by atoms with Gasteiger partial charge in [-0.25, -0.2) is 9.78 Å². The maximum absolute atomic E-state index is 13.3. The second-order valence-corrected chi connectivity index (χ2v) is 12.5. The number of benzene rings is 1. The molecule has 13 nitrogen and oxygen atoms in total. The lowest BCUT2D eigenvalue weighted by Crippen LogP contribution is -2.71. The molecule has 19 heteroatoms. The minimum atomic E-state index is -1.20. The number of nitrogen functional groups attached to an aromatic ring is 1. The second-order valence-electron chi connectivity index (χ2n) is 8.42. The Balaban J connectivity index is 0.00000242. The monoisotopic (exact) mass is 690 g/mol. The van der Waals surface area contributed by atoms with E-state index in [4.69, 9.17) is 16.3 Å². The number of aliphatic carboxylic acids is 1. The fourth-order valence-electron chi connectivity index (χ4n) is 3.92. The molecule has 42 heavy (non-hydrogen) atoms. The van der Waals surface area contributed by atoms with Crippen molar-refractivity contribution in [2.24, 2.45) is 10.9 Å². The number of oxime groups is 1. The summed E-state index contributed by atoms with van der Waals surface area (Å²) >= 11 is 5.21. The van der Waals surface area contributed by atoms with E-state index in [9.17, 15) is 19.5 Å². The number of aromatic nitrogens is 3. The first-order chi connectivity index (χ1) is 19.4. The average Bonchev–Trinajstić information content (AvgIpc) is 3.64. The molecule has 4 heterocycles. The highest BCUT2D eigenvalue weighted by Gasteiger charge is 2.54. The standard InChI is InChI=1S/C23H22N8O5S4.2ClH/c24-5-11-1-3-12(4-2-11)6-36-30-15(14-9-38-22(25)27-14)18(32)28-16-19(33)31-17(21(34)35)13(7-37-20(16)31)8-39-23-29-26-10-40-23;;/h1-4,9-10,16,20H,5-8,24H2,(H2,25,27)(H,28,32)(H,34,35);2*1H/t16?,20-;;/m0../s1. The van der Waals surface area contributed by atoms with Gasteiger partial charge in [-0.15, -0.1) is 58.1 Å². The van der Waals surface area contributed by atoms with Crippen LogP contribution in [0.3, 0.4) is 0 Å². The van der Waals surface area contributed by atoms with Gasteiger partial charge in [-0.1, -0.05) is 52.5 Å². The van der Waals surface area contributed by atoms with Crippen LogP contribution in [0.2, 0.25) is 0 Å². The molecule has 1 saturated heterocycles. The molecule has 0 aliphatic carbocycles. The molecule has 0 radical (unpaired) electrons. The lowest BCUT2D eigenvalue weighted by molar-refractivity contribution is -0.150. The third kappa shape index (κ3) is 7.34. The van der Waals surface area contributed by atoms with Crippen LogP contribution < -0.4 is 16.8 Å². The van der Waals surface area contributed by atoms with E-state index < -0.39 is 29.2 Å². The third-order valence-electron chi connectivity index (χ3n) is 5.87. The van der Waals surface area contributed by atoms with E-state index in [0.717, 1.165) is 22.5 Å². The summed E-state index contributed by atoms with van der Waals surface area (Å²) in [7, 11) is 0. The Morgan fingerprint density at radius 1 is 1.21 bits per heavy atom. The van der Waals surface area contributed by atoms with E-state index in [-0.39, 0.29) is 53.7 Å². The second kappa shape index (κ2) is 15.0. The normalized spacial score (nSPS) is 17.9. The fraction of sp³-hybridized carbons (Fsp3) is 0.261. The Morgan fingerprint density at radius 2 is 1.95 bits per heavy atom. The first-order valence-electron chi connectivity index (χ1n) is 11.6. The highest BCUT2D eigenvalue weighted by atomic mass is 35.5. The van der Waals surface area contributed by atoms with E-state index in [1.807, 2.05) is 24.3 Å². The molecule has 0 spiro atoms. The molecule has 2 aliphatic heterocycles. The number of carboxylic acid groups (broad SMARTS) is 1. The molecule has 1 fully saturated rings. The predicted octanol–water partition coefficient (Wildman–Crippen LogP) is 2.33.